The van der Waals surface area contributed by atoms with Gasteiger partial charge in [0.05, 0.1) is 11.9 Å². The summed E-state index contributed by atoms with van der Waals surface area (Å²) in [5, 5.41) is 7.47. The fourth-order valence-electron chi connectivity index (χ4n) is 1.59. The van der Waals surface area contributed by atoms with Crippen molar-refractivity contribution in [3.63, 3.8) is 0 Å². The highest BCUT2D eigenvalue weighted by Gasteiger charge is 2.12. The van der Waals surface area contributed by atoms with Gasteiger partial charge >= 0.3 is 0 Å². The molecule has 0 fully saturated rings. The molecule has 6 heteroatoms. The van der Waals surface area contributed by atoms with Crippen LogP contribution in [0.5, 0.6) is 0 Å². The number of anilines is 1. The maximum Gasteiger partial charge on any atom is 0.287 e. The summed E-state index contributed by atoms with van der Waals surface area (Å²) in [4.78, 5) is 13.9. The molecular weight excluding hydrogens is 252 g/mol. The van der Waals surface area contributed by atoms with Crippen LogP contribution < -0.4 is 15.8 Å². The lowest BCUT2D eigenvalue weighted by atomic mass is 10.3. The Morgan fingerprint density at radius 3 is 2.89 bits per heavy atom. The molecule has 1 rings (SSSR count). The summed E-state index contributed by atoms with van der Waals surface area (Å²) >= 11 is 6.12. The van der Waals surface area contributed by atoms with Gasteiger partial charge in [0.25, 0.3) is 5.56 Å². The van der Waals surface area contributed by atoms with E-state index in [0.29, 0.717) is 12.2 Å². The van der Waals surface area contributed by atoms with Crippen molar-refractivity contribution in [3.05, 3.63) is 21.6 Å². The number of nitrogens with one attached hydrogen (secondary N) is 1. The zero-order valence-corrected chi connectivity index (χ0v) is 12.0. The number of likely N-dealkylation sites (N-methyl/N-ethyl adjacent to an activating group) is 2. The summed E-state index contributed by atoms with van der Waals surface area (Å²) < 4.78 is 1.43. The molecule has 102 valence electrons. The molecular formula is C12H21ClN4O. The average Bonchev–Trinajstić information content (AvgIpc) is 2.37. The third kappa shape index (κ3) is 3.71. The Bertz CT molecular complexity index is 433. The number of aromatic nitrogens is 2. The van der Waals surface area contributed by atoms with Gasteiger partial charge in [0.1, 0.15) is 5.02 Å². The molecule has 0 saturated carbocycles. The zero-order valence-electron chi connectivity index (χ0n) is 11.2. The molecule has 0 radical (unpaired) electrons. The minimum atomic E-state index is -0.209. The highest BCUT2D eigenvalue weighted by Crippen LogP contribution is 2.19. The lowest BCUT2D eigenvalue weighted by Crippen LogP contribution is -2.31. The van der Waals surface area contributed by atoms with Gasteiger partial charge in [-0.3, -0.25) is 4.79 Å². The molecule has 18 heavy (non-hydrogen) atoms. The Kier molecular flexibility index (Phi) is 6.15. The van der Waals surface area contributed by atoms with Crippen LogP contribution in [0.15, 0.2) is 11.0 Å². The first-order valence-corrected chi connectivity index (χ1v) is 6.61. The minimum absolute atomic E-state index is 0.209. The van der Waals surface area contributed by atoms with Crippen molar-refractivity contribution in [1.29, 1.82) is 0 Å². The molecule has 1 heterocycles. The number of nitrogens with zero attached hydrogens (tertiary/aromatic N) is 3. The van der Waals surface area contributed by atoms with Crippen LogP contribution >= 0.6 is 11.6 Å². The average molecular weight is 273 g/mol. The smallest absolute Gasteiger partial charge is 0.287 e. The SMILES string of the molecule is CCCCn1ncc(N(C)CCNC)c(Cl)c1=O. The Morgan fingerprint density at radius 2 is 2.28 bits per heavy atom. The van der Waals surface area contributed by atoms with Gasteiger partial charge in [0, 0.05) is 26.7 Å². The van der Waals surface area contributed by atoms with Gasteiger partial charge in [-0.25, -0.2) is 4.68 Å². The van der Waals surface area contributed by atoms with E-state index in [2.05, 4.69) is 17.3 Å². The standard InChI is InChI=1S/C12H21ClN4O/c1-4-5-7-17-12(18)11(13)10(9-15-17)16(3)8-6-14-2/h9,14H,4-8H2,1-3H3. The van der Waals surface area contributed by atoms with Crippen LogP contribution in [-0.4, -0.2) is 37.0 Å². The van der Waals surface area contributed by atoms with Crippen LogP contribution in [0.4, 0.5) is 5.69 Å². The van der Waals surface area contributed by atoms with Gasteiger partial charge in [-0.1, -0.05) is 24.9 Å². The lowest BCUT2D eigenvalue weighted by molar-refractivity contribution is 0.542. The normalized spacial score (nSPS) is 10.7. The molecule has 0 saturated heterocycles. The highest BCUT2D eigenvalue weighted by atomic mass is 35.5. The first kappa shape index (κ1) is 15.0. The van der Waals surface area contributed by atoms with Gasteiger partial charge in [-0.05, 0) is 13.5 Å². The van der Waals surface area contributed by atoms with Crippen LogP contribution in [0, 0.1) is 0 Å². The number of halogens is 1. The Balaban J connectivity index is 2.89. The van der Waals surface area contributed by atoms with Gasteiger partial charge in [-0.15, -0.1) is 0 Å². The maximum atomic E-state index is 12.0. The summed E-state index contributed by atoms with van der Waals surface area (Å²) in [6.45, 7) is 4.30. The van der Waals surface area contributed by atoms with E-state index in [9.17, 15) is 4.79 Å². The van der Waals surface area contributed by atoms with Gasteiger partial charge < -0.3 is 10.2 Å². The summed E-state index contributed by atoms with van der Waals surface area (Å²) in [5.41, 5.74) is 0.476. The first-order chi connectivity index (χ1) is 8.61. The van der Waals surface area contributed by atoms with Gasteiger partial charge in [0.15, 0.2) is 0 Å². The predicted octanol–water partition coefficient (Wildman–Crippen LogP) is 1.35. The Morgan fingerprint density at radius 1 is 1.56 bits per heavy atom. The second-order valence-electron chi connectivity index (χ2n) is 4.25. The minimum Gasteiger partial charge on any atom is -0.371 e. The molecule has 0 unspecified atom stereocenters. The fraction of sp³-hybridized carbons (Fsp3) is 0.667. The number of hydrogen-bond acceptors (Lipinski definition) is 4. The monoisotopic (exact) mass is 272 g/mol. The summed E-state index contributed by atoms with van der Waals surface area (Å²) in [6.07, 6.45) is 3.61. The summed E-state index contributed by atoms with van der Waals surface area (Å²) in [7, 11) is 3.78. The van der Waals surface area contributed by atoms with Crippen LogP contribution in [0.3, 0.4) is 0 Å². The largest absolute Gasteiger partial charge is 0.371 e. The quantitative estimate of drug-likeness (QED) is 0.814. The third-order valence-electron chi connectivity index (χ3n) is 2.80. The van der Waals surface area contributed by atoms with E-state index in [1.54, 1.807) is 6.20 Å². The van der Waals surface area contributed by atoms with Gasteiger partial charge in [-0.2, -0.15) is 5.10 Å². The molecule has 0 spiro atoms. The second kappa shape index (κ2) is 7.38. The summed E-state index contributed by atoms with van der Waals surface area (Å²) in [6, 6.07) is 0. The van der Waals surface area contributed by atoms with Crippen LogP contribution in [-0.2, 0) is 6.54 Å². The summed E-state index contributed by atoms with van der Waals surface area (Å²) in [5.74, 6) is 0. The van der Waals surface area contributed by atoms with E-state index >= 15 is 0 Å². The topological polar surface area (TPSA) is 50.2 Å². The molecule has 0 bridgehead atoms. The first-order valence-electron chi connectivity index (χ1n) is 6.23. The van der Waals surface area contributed by atoms with E-state index in [-0.39, 0.29) is 10.6 Å². The van der Waals surface area contributed by atoms with Crippen molar-refractivity contribution in [2.45, 2.75) is 26.3 Å². The Hall–Kier alpha value is -1.07. The molecule has 1 aromatic heterocycles. The number of aryl methyl sites for hydroxylation is 1. The van der Waals surface area contributed by atoms with Crippen LogP contribution in [0.2, 0.25) is 5.02 Å². The van der Waals surface area contributed by atoms with Crippen molar-refractivity contribution in [2.24, 2.45) is 0 Å². The van der Waals surface area contributed by atoms with Crippen LogP contribution in [0.1, 0.15) is 19.8 Å². The van der Waals surface area contributed by atoms with Crippen molar-refractivity contribution >= 4 is 17.3 Å². The molecule has 0 aliphatic rings. The van der Waals surface area contributed by atoms with E-state index < -0.39 is 0 Å². The van der Waals surface area contributed by atoms with E-state index in [1.165, 1.54) is 4.68 Å². The number of hydrogen-bond donors (Lipinski definition) is 1. The van der Waals surface area contributed by atoms with Crippen molar-refractivity contribution in [3.8, 4) is 0 Å². The molecule has 0 amide bonds. The van der Waals surface area contributed by atoms with Crippen molar-refractivity contribution < 1.29 is 0 Å². The lowest BCUT2D eigenvalue weighted by Gasteiger charge is -2.20. The Labute approximate surface area is 113 Å². The molecule has 0 aliphatic heterocycles. The van der Waals surface area contributed by atoms with E-state index in [0.717, 1.165) is 25.9 Å². The molecule has 0 aromatic carbocycles. The van der Waals surface area contributed by atoms with Crippen molar-refractivity contribution in [2.75, 3.05) is 32.1 Å². The number of rotatable bonds is 7. The van der Waals surface area contributed by atoms with Crippen LogP contribution in [0.25, 0.3) is 0 Å². The van der Waals surface area contributed by atoms with Crippen molar-refractivity contribution in [1.82, 2.24) is 15.1 Å². The van der Waals surface area contributed by atoms with E-state index in [4.69, 9.17) is 11.6 Å². The molecule has 0 aliphatic carbocycles. The highest BCUT2D eigenvalue weighted by molar-refractivity contribution is 6.33. The molecule has 1 aromatic rings. The zero-order chi connectivity index (χ0) is 13.5. The van der Waals surface area contributed by atoms with Gasteiger partial charge in [0.2, 0.25) is 0 Å². The third-order valence-corrected chi connectivity index (χ3v) is 3.15. The number of unbranched alkanes of at least 4 members (excludes halogenated alkanes) is 1. The molecule has 5 nitrogen and oxygen atoms in total. The van der Waals surface area contributed by atoms with E-state index in [1.807, 2.05) is 19.0 Å². The molecule has 0 atom stereocenters. The fourth-order valence-corrected chi connectivity index (χ4v) is 1.88. The second-order valence-corrected chi connectivity index (χ2v) is 4.63. The predicted molar refractivity (Wildman–Crippen MR) is 75.6 cm³/mol. The maximum absolute atomic E-state index is 12.0. The molecule has 1 N–H and O–H groups in total.